The van der Waals surface area contributed by atoms with E-state index in [-0.39, 0.29) is 61.8 Å². The number of nitrogens with zero attached hydrogens (tertiary/aromatic N) is 4. The number of anilines is 1. The molecule has 1 aliphatic heterocycles. The van der Waals surface area contributed by atoms with Crippen LogP contribution in [0, 0.1) is 24.4 Å². The highest BCUT2D eigenvalue weighted by atomic mass is 19.4. The molecule has 1 atom stereocenters. The molecule has 0 bridgehead atoms. The quantitative estimate of drug-likeness (QED) is 0.282. The number of nitrogens with two attached hydrogens (primary N) is 1. The summed E-state index contributed by atoms with van der Waals surface area (Å²) >= 11 is 0. The number of hydrogen-bond donors (Lipinski definition) is 1. The first-order valence-electron chi connectivity index (χ1n) is 14.3. The first-order chi connectivity index (χ1) is 21.3. The maximum atomic E-state index is 14.7. The highest BCUT2D eigenvalue weighted by Crippen LogP contribution is 2.33. The molecule has 0 aliphatic carbocycles. The zero-order chi connectivity index (χ0) is 32.5. The van der Waals surface area contributed by atoms with Gasteiger partial charge in [0.05, 0.1) is 18.7 Å². The van der Waals surface area contributed by atoms with Gasteiger partial charge in [0.1, 0.15) is 23.1 Å². The Morgan fingerprint density at radius 2 is 1.47 bits per heavy atom. The fourth-order valence-electron chi connectivity index (χ4n) is 5.66. The summed E-state index contributed by atoms with van der Waals surface area (Å²) in [6.07, 6.45) is -4.73. The number of benzene rings is 3. The second kappa shape index (κ2) is 12.9. The van der Waals surface area contributed by atoms with Crippen molar-refractivity contribution in [1.82, 2.24) is 14.0 Å². The summed E-state index contributed by atoms with van der Waals surface area (Å²) in [5, 5.41) is 0. The Morgan fingerprint density at radius 3 is 2.09 bits per heavy atom. The molecule has 45 heavy (non-hydrogen) atoms. The number of rotatable bonds is 8. The van der Waals surface area contributed by atoms with E-state index < -0.39 is 53.0 Å². The van der Waals surface area contributed by atoms with Crippen LogP contribution in [0.25, 0.3) is 0 Å². The summed E-state index contributed by atoms with van der Waals surface area (Å²) in [5.41, 5.74) is 4.45. The van der Waals surface area contributed by atoms with Gasteiger partial charge in [-0.05, 0) is 42.3 Å². The second-order valence-corrected chi connectivity index (χ2v) is 11.0. The SMILES string of the molecule is Cc1c(N2CCN(Cc3ccc(F)cc3C(F)(F)F)CC2)c(=O)n(C[C@@H](N)c2ccccc2)c(=O)n1Cc1c(F)cccc1F. The van der Waals surface area contributed by atoms with Crippen LogP contribution >= 0.6 is 0 Å². The van der Waals surface area contributed by atoms with Gasteiger partial charge in [0.25, 0.3) is 5.56 Å². The molecule has 2 heterocycles. The van der Waals surface area contributed by atoms with Crippen LogP contribution < -0.4 is 21.9 Å². The van der Waals surface area contributed by atoms with Gasteiger partial charge >= 0.3 is 11.9 Å². The van der Waals surface area contributed by atoms with Crippen LogP contribution in [0.15, 0.2) is 76.3 Å². The molecule has 1 aromatic heterocycles. The van der Waals surface area contributed by atoms with Gasteiger partial charge in [0, 0.05) is 50.0 Å². The van der Waals surface area contributed by atoms with Crippen LogP contribution in [-0.2, 0) is 25.8 Å². The molecule has 0 spiro atoms. The molecular formula is C32H31F6N5O2. The fraction of sp³-hybridized carbons (Fsp3) is 0.312. The molecule has 0 saturated carbocycles. The molecule has 2 N–H and O–H groups in total. The van der Waals surface area contributed by atoms with Gasteiger partial charge in [0.2, 0.25) is 0 Å². The molecule has 3 aromatic carbocycles. The van der Waals surface area contributed by atoms with Crippen molar-refractivity contribution in [3.63, 3.8) is 0 Å². The summed E-state index contributed by atoms with van der Waals surface area (Å²) in [7, 11) is 0. The second-order valence-electron chi connectivity index (χ2n) is 11.0. The summed E-state index contributed by atoms with van der Waals surface area (Å²) in [6, 6.07) is 14.0. The van der Waals surface area contributed by atoms with Crippen LogP contribution in [-0.4, -0.2) is 40.2 Å². The standard InChI is InChI=1S/C32H31F6N5O2/c1-20-29(41-14-12-40(13-15-41)17-22-10-11-23(33)16-25(22)32(36,37)38)30(44)43(19-28(39)21-6-3-2-4-7-21)31(45)42(20)18-24-26(34)8-5-9-27(24)35/h2-11,16,28H,12-15,17-19,39H2,1H3/t28-/m1/s1. The lowest BCUT2D eigenvalue weighted by Crippen LogP contribution is -2.51. The first kappa shape index (κ1) is 32.0. The van der Waals surface area contributed by atoms with Crippen molar-refractivity contribution in [3.05, 3.63) is 133 Å². The van der Waals surface area contributed by atoms with Crippen molar-refractivity contribution in [3.8, 4) is 0 Å². The molecule has 0 amide bonds. The van der Waals surface area contributed by atoms with Gasteiger partial charge in [-0.2, -0.15) is 13.2 Å². The molecule has 4 aromatic rings. The van der Waals surface area contributed by atoms with Crippen LogP contribution in [0.1, 0.15) is 34.0 Å². The number of piperazine rings is 1. The maximum absolute atomic E-state index is 14.7. The van der Waals surface area contributed by atoms with Crippen LogP contribution in [0.2, 0.25) is 0 Å². The van der Waals surface area contributed by atoms with Crippen molar-refractivity contribution in [2.45, 2.75) is 38.8 Å². The Kier molecular flexibility index (Phi) is 9.21. The maximum Gasteiger partial charge on any atom is 0.416 e. The van der Waals surface area contributed by atoms with E-state index >= 15 is 0 Å². The van der Waals surface area contributed by atoms with Crippen molar-refractivity contribution in [2.24, 2.45) is 5.73 Å². The molecule has 13 heteroatoms. The Hall–Kier alpha value is -4.36. The zero-order valence-electron chi connectivity index (χ0n) is 24.3. The van der Waals surface area contributed by atoms with Crippen LogP contribution in [0.5, 0.6) is 0 Å². The third-order valence-electron chi connectivity index (χ3n) is 8.10. The highest BCUT2D eigenvalue weighted by molar-refractivity contribution is 5.50. The Bertz CT molecular complexity index is 1780. The number of aromatic nitrogens is 2. The molecule has 1 fully saturated rings. The average molecular weight is 632 g/mol. The smallest absolute Gasteiger partial charge is 0.363 e. The summed E-state index contributed by atoms with van der Waals surface area (Å²) in [4.78, 5) is 31.1. The lowest BCUT2D eigenvalue weighted by atomic mass is 10.1. The largest absolute Gasteiger partial charge is 0.416 e. The molecule has 1 saturated heterocycles. The van der Waals surface area contributed by atoms with Gasteiger partial charge in [-0.3, -0.25) is 18.8 Å². The van der Waals surface area contributed by atoms with E-state index in [0.717, 1.165) is 33.4 Å². The summed E-state index contributed by atoms with van der Waals surface area (Å²) in [6.45, 7) is 1.63. The molecule has 238 valence electrons. The van der Waals surface area contributed by atoms with Gasteiger partial charge in [-0.1, -0.05) is 42.5 Å². The highest BCUT2D eigenvalue weighted by Gasteiger charge is 2.35. The lowest BCUT2D eigenvalue weighted by Gasteiger charge is -2.37. The minimum atomic E-state index is -4.73. The minimum absolute atomic E-state index is 0.0775. The van der Waals surface area contributed by atoms with Crippen molar-refractivity contribution < 1.29 is 26.3 Å². The van der Waals surface area contributed by atoms with Gasteiger partial charge < -0.3 is 10.6 Å². The molecule has 1 aliphatic rings. The fourth-order valence-corrected chi connectivity index (χ4v) is 5.66. The molecule has 0 radical (unpaired) electrons. The third-order valence-corrected chi connectivity index (χ3v) is 8.10. The van der Waals surface area contributed by atoms with Gasteiger partial charge in [0.15, 0.2) is 0 Å². The summed E-state index contributed by atoms with van der Waals surface area (Å²) < 4.78 is 85.7. The van der Waals surface area contributed by atoms with E-state index in [2.05, 4.69) is 0 Å². The zero-order valence-corrected chi connectivity index (χ0v) is 24.3. The van der Waals surface area contributed by atoms with Gasteiger partial charge in [-0.25, -0.2) is 18.0 Å². The minimum Gasteiger partial charge on any atom is -0.363 e. The van der Waals surface area contributed by atoms with E-state index in [1.807, 2.05) is 0 Å². The van der Waals surface area contributed by atoms with E-state index in [9.17, 15) is 35.9 Å². The van der Waals surface area contributed by atoms with E-state index in [0.29, 0.717) is 11.6 Å². The van der Waals surface area contributed by atoms with Crippen LogP contribution in [0.3, 0.4) is 0 Å². The lowest BCUT2D eigenvalue weighted by molar-refractivity contribution is -0.138. The predicted octanol–water partition coefficient (Wildman–Crippen LogP) is 4.83. The Balaban J connectivity index is 1.48. The molecular weight excluding hydrogens is 600 g/mol. The number of alkyl halides is 3. The topological polar surface area (TPSA) is 76.5 Å². The van der Waals surface area contributed by atoms with Crippen molar-refractivity contribution in [1.29, 1.82) is 0 Å². The Morgan fingerprint density at radius 1 is 0.822 bits per heavy atom. The average Bonchev–Trinajstić information content (AvgIpc) is 3.00. The van der Waals surface area contributed by atoms with E-state index in [4.69, 9.17) is 5.73 Å². The molecule has 5 rings (SSSR count). The molecule has 7 nitrogen and oxygen atoms in total. The third kappa shape index (κ3) is 6.84. The normalized spacial score (nSPS) is 15.0. The van der Waals surface area contributed by atoms with Crippen molar-refractivity contribution >= 4 is 5.69 Å². The number of halogens is 6. The van der Waals surface area contributed by atoms with Gasteiger partial charge in [-0.15, -0.1) is 0 Å². The monoisotopic (exact) mass is 631 g/mol. The number of hydrogen-bond acceptors (Lipinski definition) is 5. The Labute approximate surface area is 254 Å². The first-order valence-corrected chi connectivity index (χ1v) is 14.3. The van der Waals surface area contributed by atoms with Crippen LogP contribution in [0.4, 0.5) is 32.0 Å². The molecule has 0 unspecified atom stereocenters. The van der Waals surface area contributed by atoms with E-state index in [1.165, 1.54) is 13.0 Å². The van der Waals surface area contributed by atoms with E-state index in [1.54, 1.807) is 40.1 Å². The predicted molar refractivity (Wildman–Crippen MR) is 157 cm³/mol. The summed E-state index contributed by atoms with van der Waals surface area (Å²) in [5.74, 6) is -2.69. The van der Waals surface area contributed by atoms with Crippen molar-refractivity contribution in [2.75, 3.05) is 31.1 Å².